The van der Waals surface area contributed by atoms with E-state index in [4.69, 9.17) is 0 Å². The third-order valence-electron chi connectivity index (χ3n) is 5.32. The van der Waals surface area contributed by atoms with Crippen molar-refractivity contribution in [1.29, 1.82) is 0 Å². The zero-order chi connectivity index (χ0) is 19.9. The predicted octanol–water partition coefficient (Wildman–Crippen LogP) is 3.50. The number of hydrogen-bond donors (Lipinski definition) is 0. The smallest absolute Gasteiger partial charge is 0.175 e. The second kappa shape index (κ2) is 7.04. The van der Waals surface area contributed by atoms with Crippen LogP contribution in [0.4, 0.5) is 0 Å². The highest BCUT2D eigenvalue weighted by Gasteiger charge is 2.42. The van der Waals surface area contributed by atoms with Gasteiger partial charge in [-0.1, -0.05) is 29.8 Å². The summed E-state index contributed by atoms with van der Waals surface area (Å²) in [4.78, 5) is 25.9. The molecular formula is C22H24O4S. The van der Waals surface area contributed by atoms with Crippen molar-refractivity contribution in [3.63, 3.8) is 0 Å². The minimum absolute atomic E-state index is 0.0205. The maximum absolute atomic E-state index is 13.0. The van der Waals surface area contributed by atoms with Gasteiger partial charge in [0.15, 0.2) is 15.6 Å². The lowest BCUT2D eigenvalue weighted by Crippen LogP contribution is -2.18. The Hall–Kier alpha value is -2.27. The topological polar surface area (TPSA) is 68.3 Å². The number of aryl methyl sites for hydroxylation is 3. The molecule has 1 fully saturated rings. The first-order chi connectivity index (χ1) is 12.6. The van der Waals surface area contributed by atoms with Gasteiger partial charge in [-0.2, -0.15) is 0 Å². The zero-order valence-electron chi connectivity index (χ0n) is 16.1. The highest BCUT2D eigenvalue weighted by atomic mass is 32.2. The van der Waals surface area contributed by atoms with Crippen molar-refractivity contribution in [2.45, 2.75) is 44.4 Å². The molecule has 1 aliphatic carbocycles. The molecule has 142 valence electrons. The second-order valence-electron chi connectivity index (χ2n) is 7.64. The molecular weight excluding hydrogens is 360 g/mol. The second-order valence-corrected chi connectivity index (χ2v) is 9.65. The lowest BCUT2D eigenvalue weighted by molar-refractivity contribution is -0.124. The van der Waals surface area contributed by atoms with Crippen molar-refractivity contribution in [2.75, 3.05) is 6.26 Å². The van der Waals surface area contributed by atoms with E-state index in [-0.39, 0.29) is 28.8 Å². The van der Waals surface area contributed by atoms with Gasteiger partial charge in [0.1, 0.15) is 11.7 Å². The van der Waals surface area contributed by atoms with Crippen molar-refractivity contribution in [1.82, 2.24) is 0 Å². The third kappa shape index (κ3) is 3.88. The molecule has 0 heterocycles. The molecule has 0 bridgehead atoms. The number of sulfone groups is 1. The van der Waals surface area contributed by atoms with E-state index in [1.54, 1.807) is 24.3 Å². The molecule has 0 aliphatic heterocycles. The molecule has 3 rings (SSSR count). The average Bonchev–Trinajstić information content (AvgIpc) is 2.81. The summed E-state index contributed by atoms with van der Waals surface area (Å²) >= 11 is 0. The molecule has 0 amide bonds. The summed E-state index contributed by atoms with van der Waals surface area (Å²) in [6.07, 6.45) is 1.86. The van der Waals surface area contributed by atoms with Crippen LogP contribution < -0.4 is 0 Å². The maximum atomic E-state index is 13.0. The molecule has 1 saturated carbocycles. The van der Waals surface area contributed by atoms with E-state index in [9.17, 15) is 18.0 Å². The first kappa shape index (κ1) is 19.5. The van der Waals surface area contributed by atoms with Crippen molar-refractivity contribution in [2.24, 2.45) is 5.92 Å². The van der Waals surface area contributed by atoms with E-state index in [1.807, 2.05) is 32.9 Å². The zero-order valence-corrected chi connectivity index (χ0v) is 16.9. The van der Waals surface area contributed by atoms with Crippen molar-refractivity contribution in [3.05, 3.63) is 64.2 Å². The molecule has 2 aromatic rings. The predicted molar refractivity (Wildman–Crippen MR) is 105 cm³/mol. The molecule has 0 N–H and O–H groups in total. The summed E-state index contributed by atoms with van der Waals surface area (Å²) in [6, 6.07) is 10.6. The Bertz CT molecular complexity index is 994. The van der Waals surface area contributed by atoms with Crippen LogP contribution >= 0.6 is 0 Å². The summed E-state index contributed by atoms with van der Waals surface area (Å²) in [7, 11) is -3.25. The summed E-state index contributed by atoms with van der Waals surface area (Å²) in [6.45, 7) is 5.91. The van der Waals surface area contributed by atoms with E-state index in [0.29, 0.717) is 6.42 Å². The van der Waals surface area contributed by atoms with E-state index < -0.39 is 15.8 Å². The molecule has 0 spiro atoms. The van der Waals surface area contributed by atoms with Crippen molar-refractivity contribution >= 4 is 21.4 Å². The Kier molecular flexibility index (Phi) is 5.08. The minimum atomic E-state index is -3.25. The monoisotopic (exact) mass is 384 g/mol. The normalized spacial score (nSPS) is 20.3. The molecule has 2 aromatic carbocycles. The van der Waals surface area contributed by atoms with Gasteiger partial charge in [0, 0.05) is 18.6 Å². The van der Waals surface area contributed by atoms with E-state index >= 15 is 0 Å². The Morgan fingerprint density at radius 1 is 0.963 bits per heavy atom. The molecule has 0 aromatic heterocycles. The number of benzene rings is 2. The fourth-order valence-electron chi connectivity index (χ4n) is 4.14. The fraction of sp³-hybridized carbons (Fsp3) is 0.364. The molecule has 5 heteroatoms. The molecule has 0 radical (unpaired) electrons. The minimum Gasteiger partial charge on any atom is -0.298 e. The van der Waals surface area contributed by atoms with Gasteiger partial charge in [-0.05, 0) is 61.6 Å². The lowest BCUT2D eigenvalue weighted by Gasteiger charge is -2.16. The quantitative estimate of drug-likeness (QED) is 0.757. The van der Waals surface area contributed by atoms with Crippen LogP contribution in [0.5, 0.6) is 0 Å². The first-order valence-electron chi connectivity index (χ1n) is 9.01. The largest absolute Gasteiger partial charge is 0.298 e. The number of hydrogen-bond acceptors (Lipinski definition) is 4. The Morgan fingerprint density at radius 3 is 2.04 bits per heavy atom. The molecule has 27 heavy (non-hydrogen) atoms. The third-order valence-corrected chi connectivity index (χ3v) is 6.45. The lowest BCUT2D eigenvalue weighted by atomic mass is 9.86. The van der Waals surface area contributed by atoms with Crippen molar-refractivity contribution < 1.29 is 18.0 Å². The van der Waals surface area contributed by atoms with Crippen LogP contribution in [0.3, 0.4) is 0 Å². The highest BCUT2D eigenvalue weighted by Crippen LogP contribution is 2.37. The van der Waals surface area contributed by atoms with Gasteiger partial charge in [-0.15, -0.1) is 0 Å². The van der Waals surface area contributed by atoms with Gasteiger partial charge in [-0.25, -0.2) is 8.42 Å². The fourth-order valence-corrected chi connectivity index (χ4v) is 4.77. The molecule has 0 saturated heterocycles. The van der Waals surface area contributed by atoms with E-state index in [1.165, 1.54) is 0 Å². The van der Waals surface area contributed by atoms with Gasteiger partial charge >= 0.3 is 0 Å². The van der Waals surface area contributed by atoms with Crippen LogP contribution in [0.2, 0.25) is 0 Å². The SMILES string of the molecule is Cc1cc(C)c(C2C(=O)CC(Cc3ccc(S(C)(=O)=O)cc3)C2=O)c(C)c1. The Morgan fingerprint density at radius 2 is 1.52 bits per heavy atom. The number of ketones is 2. The van der Waals surface area contributed by atoms with E-state index in [0.717, 1.165) is 34.1 Å². The van der Waals surface area contributed by atoms with Crippen LogP contribution in [-0.2, 0) is 25.8 Å². The first-order valence-corrected chi connectivity index (χ1v) is 10.9. The van der Waals surface area contributed by atoms with Gasteiger partial charge in [0.2, 0.25) is 0 Å². The van der Waals surface area contributed by atoms with Crippen LogP contribution in [0, 0.1) is 26.7 Å². The number of Topliss-reactive ketones (excluding diaryl/α,β-unsaturated/α-hetero) is 2. The van der Waals surface area contributed by atoms with Gasteiger partial charge in [0.25, 0.3) is 0 Å². The summed E-state index contributed by atoms with van der Waals surface area (Å²) in [5, 5.41) is 0. The number of carbonyl (C=O) groups excluding carboxylic acids is 2. The van der Waals surface area contributed by atoms with Crippen LogP contribution in [0.1, 0.15) is 40.2 Å². The molecule has 2 unspecified atom stereocenters. The van der Waals surface area contributed by atoms with Crippen LogP contribution in [-0.4, -0.2) is 26.2 Å². The number of rotatable bonds is 4. The Balaban J connectivity index is 1.85. The average molecular weight is 384 g/mol. The number of carbonyl (C=O) groups is 2. The van der Waals surface area contributed by atoms with Gasteiger partial charge < -0.3 is 0 Å². The van der Waals surface area contributed by atoms with Gasteiger partial charge in [0.05, 0.1) is 4.90 Å². The summed E-state index contributed by atoms with van der Waals surface area (Å²) < 4.78 is 23.1. The maximum Gasteiger partial charge on any atom is 0.175 e. The summed E-state index contributed by atoms with van der Waals surface area (Å²) in [5.74, 6) is -1.08. The van der Waals surface area contributed by atoms with Crippen molar-refractivity contribution in [3.8, 4) is 0 Å². The highest BCUT2D eigenvalue weighted by molar-refractivity contribution is 7.90. The van der Waals surface area contributed by atoms with Crippen LogP contribution in [0.15, 0.2) is 41.3 Å². The van der Waals surface area contributed by atoms with E-state index in [2.05, 4.69) is 0 Å². The molecule has 4 nitrogen and oxygen atoms in total. The van der Waals surface area contributed by atoms with Gasteiger partial charge in [-0.3, -0.25) is 9.59 Å². The molecule has 2 atom stereocenters. The van der Waals surface area contributed by atoms with Crippen LogP contribution in [0.25, 0.3) is 0 Å². The standard InChI is InChI=1S/C22H24O4S/c1-13-9-14(2)20(15(3)10-13)21-19(23)12-17(22(21)24)11-16-5-7-18(8-6-16)27(4,25)26/h5-10,17,21H,11-12H2,1-4H3. The summed E-state index contributed by atoms with van der Waals surface area (Å²) in [5.41, 5.74) is 4.81. The Labute approximate surface area is 160 Å². The molecule has 1 aliphatic rings.